The van der Waals surface area contributed by atoms with Gasteiger partial charge in [-0.15, -0.1) is 0 Å². The number of aromatic nitrogens is 1. The van der Waals surface area contributed by atoms with Crippen molar-refractivity contribution in [2.75, 3.05) is 5.75 Å². The summed E-state index contributed by atoms with van der Waals surface area (Å²) in [5.41, 5.74) is 1.85. The summed E-state index contributed by atoms with van der Waals surface area (Å²) < 4.78 is 22.7. The first-order chi connectivity index (χ1) is 9.55. The quantitative estimate of drug-likeness (QED) is 0.945. The minimum Gasteiger partial charge on any atom is -0.305 e. The van der Waals surface area contributed by atoms with Crippen LogP contribution in [0.4, 0.5) is 0 Å². The lowest BCUT2D eigenvalue weighted by molar-refractivity contribution is 0.591. The van der Waals surface area contributed by atoms with Crippen LogP contribution in [0, 0.1) is 0 Å². The summed E-state index contributed by atoms with van der Waals surface area (Å²) in [6.45, 7) is 0.551. The van der Waals surface area contributed by atoms with Crippen molar-refractivity contribution >= 4 is 32.3 Å². The Hall–Kier alpha value is -1.43. The van der Waals surface area contributed by atoms with Crippen molar-refractivity contribution in [3.05, 3.63) is 52.5 Å². The SMILES string of the molecule is O=S1(=O)C=CC(NCc2ccc(Cl)c3cccnc23)C1. The highest BCUT2D eigenvalue weighted by Crippen LogP contribution is 2.24. The number of pyridine rings is 1. The number of rotatable bonds is 3. The fourth-order valence-corrected chi connectivity index (χ4v) is 3.77. The third-order valence-corrected chi connectivity index (χ3v) is 5.01. The summed E-state index contributed by atoms with van der Waals surface area (Å²) in [6.07, 6.45) is 3.41. The van der Waals surface area contributed by atoms with E-state index in [1.165, 1.54) is 5.41 Å². The summed E-state index contributed by atoms with van der Waals surface area (Å²) in [7, 11) is -3.03. The zero-order chi connectivity index (χ0) is 14.2. The van der Waals surface area contributed by atoms with Gasteiger partial charge in [0.25, 0.3) is 0 Å². The van der Waals surface area contributed by atoms with E-state index < -0.39 is 9.84 Å². The molecule has 0 saturated heterocycles. The van der Waals surface area contributed by atoms with Gasteiger partial charge in [0.15, 0.2) is 9.84 Å². The van der Waals surface area contributed by atoms with Gasteiger partial charge in [0.1, 0.15) is 0 Å². The first-order valence-corrected chi connectivity index (χ1v) is 8.31. The Morgan fingerprint density at radius 3 is 2.95 bits per heavy atom. The van der Waals surface area contributed by atoms with Crippen LogP contribution < -0.4 is 5.32 Å². The van der Waals surface area contributed by atoms with Crippen molar-refractivity contribution in [3.8, 4) is 0 Å². The minimum atomic E-state index is -3.03. The molecule has 20 heavy (non-hydrogen) atoms. The molecular weight excluding hydrogens is 296 g/mol. The molecule has 3 rings (SSSR count). The average molecular weight is 309 g/mol. The molecule has 0 saturated carbocycles. The highest BCUT2D eigenvalue weighted by Gasteiger charge is 2.21. The van der Waals surface area contributed by atoms with Crippen LogP contribution in [-0.2, 0) is 16.4 Å². The monoisotopic (exact) mass is 308 g/mol. The maximum absolute atomic E-state index is 11.4. The molecule has 2 aromatic rings. The van der Waals surface area contributed by atoms with E-state index in [9.17, 15) is 8.42 Å². The van der Waals surface area contributed by atoms with Crippen LogP contribution in [0.15, 0.2) is 41.9 Å². The molecule has 0 radical (unpaired) electrons. The van der Waals surface area contributed by atoms with Crippen LogP contribution in [0.1, 0.15) is 5.56 Å². The lowest BCUT2D eigenvalue weighted by Gasteiger charge is -2.12. The molecular formula is C14H13ClN2O2S. The van der Waals surface area contributed by atoms with E-state index in [0.29, 0.717) is 11.6 Å². The molecule has 0 amide bonds. The van der Waals surface area contributed by atoms with Crippen LogP contribution in [0.3, 0.4) is 0 Å². The summed E-state index contributed by atoms with van der Waals surface area (Å²) >= 11 is 6.14. The number of hydrogen-bond acceptors (Lipinski definition) is 4. The molecule has 104 valence electrons. The van der Waals surface area contributed by atoms with E-state index in [-0.39, 0.29) is 11.8 Å². The van der Waals surface area contributed by atoms with Crippen molar-refractivity contribution in [2.45, 2.75) is 12.6 Å². The van der Waals surface area contributed by atoms with E-state index in [2.05, 4.69) is 10.3 Å². The number of benzene rings is 1. The first kappa shape index (κ1) is 13.5. The van der Waals surface area contributed by atoms with Crippen LogP contribution in [0.25, 0.3) is 10.9 Å². The zero-order valence-electron chi connectivity index (χ0n) is 10.6. The summed E-state index contributed by atoms with van der Waals surface area (Å²) in [4.78, 5) is 4.36. The highest BCUT2D eigenvalue weighted by atomic mass is 35.5. The summed E-state index contributed by atoms with van der Waals surface area (Å²) in [6, 6.07) is 7.38. The van der Waals surface area contributed by atoms with Gasteiger partial charge in [-0.3, -0.25) is 4.98 Å². The molecule has 1 atom stereocenters. The lowest BCUT2D eigenvalue weighted by Crippen LogP contribution is -2.29. The smallest absolute Gasteiger partial charge is 0.173 e. The Labute approximate surface area is 122 Å². The molecule has 0 fully saturated rings. The Bertz CT molecular complexity index is 787. The lowest BCUT2D eigenvalue weighted by atomic mass is 10.1. The number of sulfone groups is 1. The van der Waals surface area contributed by atoms with Gasteiger partial charge in [0.2, 0.25) is 0 Å². The van der Waals surface area contributed by atoms with Gasteiger partial charge in [-0.2, -0.15) is 0 Å². The van der Waals surface area contributed by atoms with E-state index in [4.69, 9.17) is 11.6 Å². The molecule has 0 spiro atoms. The van der Waals surface area contributed by atoms with Gasteiger partial charge in [0, 0.05) is 34.6 Å². The van der Waals surface area contributed by atoms with Crippen molar-refractivity contribution in [1.82, 2.24) is 10.3 Å². The van der Waals surface area contributed by atoms with E-state index >= 15 is 0 Å². The second kappa shape index (κ2) is 5.16. The Kier molecular flexibility index (Phi) is 3.50. The number of halogens is 1. The number of fused-ring (bicyclic) bond motifs is 1. The van der Waals surface area contributed by atoms with E-state index in [1.807, 2.05) is 24.3 Å². The Morgan fingerprint density at radius 1 is 1.35 bits per heavy atom. The average Bonchev–Trinajstić information content (AvgIpc) is 2.78. The predicted molar refractivity (Wildman–Crippen MR) is 80.3 cm³/mol. The van der Waals surface area contributed by atoms with Crippen molar-refractivity contribution in [3.63, 3.8) is 0 Å². The molecule has 1 aliphatic rings. The number of nitrogens with zero attached hydrogens (tertiary/aromatic N) is 1. The third-order valence-electron chi connectivity index (χ3n) is 3.28. The van der Waals surface area contributed by atoms with Gasteiger partial charge in [-0.1, -0.05) is 23.7 Å². The maximum atomic E-state index is 11.4. The molecule has 2 heterocycles. The Morgan fingerprint density at radius 2 is 2.20 bits per heavy atom. The minimum absolute atomic E-state index is 0.117. The van der Waals surface area contributed by atoms with Gasteiger partial charge in [-0.25, -0.2) is 8.42 Å². The first-order valence-electron chi connectivity index (χ1n) is 6.22. The zero-order valence-corrected chi connectivity index (χ0v) is 12.2. The van der Waals surface area contributed by atoms with Crippen molar-refractivity contribution < 1.29 is 8.42 Å². The number of hydrogen-bond donors (Lipinski definition) is 1. The molecule has 1 aliphatic heterocycles. The summed E-state index contributed by atoms with van der Waals surface area (Å²) in [5, 5.41) is 6.06. The van der Waals surface area contributed by atoms with Gasteiger partial charge >= 0.3 is 0 Å². The van der Waals surface area contributed by atoms with Crippen LogP contribution in [-0.4, -0.2) is 25.2 Å². The van der Waals surface area contributed by atoms with Crippen LogP contribution >= 0.6 is 11.6 Å². The predicted octanol–water partition coefficient (Wildman–Crippen LogP) is 2.29. The standard InChI is InChI=1S/C14H13ClN2O2S/c15-13-4-3-10(14-12(13)2-1-6-16-14)8-17-11-5-7-20(18,19)9-11/h1-7,11,17H,8-9H2. The highest BCUT2D eigenvalue weighted by molar-refractivity contribution is 7.94. The van der Waals surface area contributed by atoms with E-state index in [0.717, 1.165) is 16.5 Å². The largest absolute Gasteiger partial charge is 0.305 e. The molecule has 0 bridgehead atoms. The van der Waals surface area contributed by atoms with Gasteiger partial charge in [-0.05, 0) is 23.8 Å². The summed E-state index contributed by atoms with van der Waals surface area (Å²) in [5.74, 6) is 0.117. The van der Waals surface area contributed by atoms with E-state index in [1.54, 1.807) is 12.3 Å². The van der Waals surface area contributed by atoms with Crippen molar-refractivity contribution in [2.24, 2.45) is 0 Å². The molecule has 1 aromatic heterocycles. The van der Waals surface area contributed by atoms with Crippen molar-refractivity contribution in [1.29, 1.82) is 0 Å². The third kappa shape index (κ3) is 2.70. The molecule has 1 aromatic carbocycles. The molecule has 1 N–H and O–H groups in total. The maximum Gasteiger partial charge on any atom is 0.173 e. The Balaban J connectivity index is 1.82. The fourth-order valence-electron chi connectivity index (χ4n) is 2.28. The van der Waals surface area contributed by atoms with Crippen LogP contribution in [0.5, 0.6) is 0 Å². The topological polar surface area (TPSA) is 59.1 Å². The molecule has 1 unspecified atom stereocenters. The molecule has 6 heteroatoms. The second-order valence-electron chi connectivity index (χ2n) is 4.75. The van der Waals surface area contributed by atoms with Gasteiger partial charge < -0.3 is 5.32 Å². The fraction of sp³-hybridized carbons (Fsp3) is 0.214. The molecule has 0 aliphatic carbocycles. The number of nitrogens with one attached hydrogen (secondary N) is 1. The second-order valence-corrected chi connectivity index (χ2v) is 7.09. The van der Waals surface area contributed by atoms with Crippen LogP contribution in [0.2, 0.25) is 5.02 Å². The van der Waals surface area contributed by atoms with Gasteiger partial charge in [0.05, 0.1) is 11.3 Å². The molecule has 4 nitrogen and oxygen atoms in total. The normalized spacial score (nSPS) is 20.6.